The van der Waals surface area contributed by atoms with Crippen LogP contribution in [0.5, 0.6) is 0 Å². The lowest BCUT2D eigenvalue weighted by molar-refractivity contribution is 0.156. The summed E-state index contributed by atoms with van der Waals surface area (Å²) in [7, 11) is 0. The Labute approximate surface area is 78.7 Å². The molecule has 4 heteroatoms. The van der Waals surface area contributed by atoms with Gasteiger partial charge in [0.15, 0.2) is 0 Å². The Kier molecular flexibility index (Phi) is 3.83. The van der Waals surface area contributed by atoms with Gasteiger partial charge in [-0.2, -0.15) is 0 Å². The highest BCUT2D eigenvalue weighted by molar-refractivity contribution is 7.96. The Hall–Kier alpha value is 0.230. The van der Waals surface area contributed by atoms with Crippen LogP contribution in [0, 0.1) is 0 Å². The summed E-state index contributed by atoms with van der Waals surface area (Å²) in [6, 6.07) is 0.698. The van der Waals surface area contributed by atoms with Crippen LogP contribution in [0.25, 0.3) is 0 Å². The number of aliphatic hydroxyl groups is 1. The molecule has 1 saturated heterocycles. The van der Waals surface area contributed by atoms with E-state index in [-0.39, 0.29) is 12.1 Å². The minimum Gasteiger partial charge on any atom is -0.390 e. The Bertz CT molecular complexity index is 143. The van der Waals surface area contributed by atoms with Gasteiger partial charge in [0.1, 0.15) is 0 Å². The molecule has 12 heavy (non-hydrogen) atoms. The first kappa shape index (κ1) is 10.3. The molecule has 0 amide bonds. The standard InChI is InChI=1S/C8H18N2OS/c1-6(2)9-7-4-10(12-3)5-8(7)11/h6-9,11H,4-5H2,1-3H3/t7-,8-/m1/s1. The highest BCUT2D eigenvalue weighted by Crippen LogP contribution is 2.17. The molecule has 2 atom stereocenters. The maximum Gasteiger partial charge on any atom is 0.0842 e. The second kappa shape index (κ2) is 4.46. The Morgan fingerprint density at radius 2 is 2.17 bits per heavy atom. The topological polar surface area (TPSA) is 35.5 Å². The predicted octanol–water partition coefficient (Wildman–Crippen LogP) is 0.307. The molecule has 0 bridgehead atoms. The lowest BCUT2D eigenvalue weighted by Crippen LogP contribution is -2.42. The molecule has 0 aromatic heterocycles. The minimum absolute atomic E-state index is 0.208. The van der Waals surface area contributed by atoms with Crippen LogP contribution in [-0.4, -0.2) is 46.9 Å². The van der Waals surface area contributed by atoms with Gasteiger partial charge in [-0.3, -0.25) is 0 Å². The van der Waals surface area contributed by atoms with Crippen molar-refractivity contribution in [1.29, 1.82) is 0 Å². The molecule has 2 N–H and O–H groups in total. The molecule has 0 spiro atoms. The molecular weight excluding hydrogens is 172 g/mol. The van der Waals surface area contributed by atoms with Gasteiger partial charge in [0.25, 0.3) is 0 Å². The summed E-state index contributed by atoms with van der Waals surface area (Å²) in [6.45, 7) is 5.94. The average Bonchev–Trinajstić information content (AvgIpc) is 2.31. The van der Waals surface area contributed by atoms with Gasteiger partial charge in [-0.15, -0.1) is 0 Å². The van der Waals surface area contributed by atoms with Crippen molar-refractivity contribution in [2.45, 2.75) is 32.0 Å². The van der Waals surface area contributed by atoms with E-state index in [1.807, 2.05) is 6.26 Å². The smallest absolute Gasteiger partial charge is 0.0842 e. The summed E-state index contributed by atoms with van der Waals surface area (Å²) in [5, 5.41) is 13.0. The number of β-amino-alcohol motifs (C(OH)–C–C–N with tert-alkyl or cyclic N) is 1. The van der Waals surface area contributed by atoms with Crippen molar-refractivity contribution in [3.8, 4) is 0 Å². The van der Waals surface area contributed by atoms with Crippen LogP contribution in [0.15, 0.2) is 0 Å². The molecule has 72 valence electrons. The van der Waals surface area contributed by atoms with Gasteiger partial charge in [0.05, 0.1) is 6.10 Å². The number of aliphatic hydroxyl groups excluding tert-OH is 1. The fourth-order valence-corrected chi connectivity index (χ4v) is 2.10. The van der Waals surface area contributed by atoms with Crippen LogP contribution >= 0.6 is 11.9 Å². The number of hydrogen-bond donors (Lipinski definition) is 2. The zero-order valence-corrected chi connectivity index (χ0v) is 8.77. The van der Waals surface area contributed by atoms with Crippen molar-refractivity contribution in [2.75, 3.05) is 19.3 Å². The third-order valence-electron chi connectivity index (χ3n) is 2.06. The fraction of sp³-hybridized carbons (Fsp3) is 1.00. The quantitative estimate of drug-likeness (QED) is 0.628. The predicted molar refractivity (Wildman–Crippen MR) is 53.2 cm³/mol. The summed E-state index contributed by atoms with van der Waals surface area (Å²) in [4.78, 5) is 0. The van der Waals surface area contributed by atoms with E-state index >= 15 is 0 Å². The first-order chi connectivity index (χ1) is 5.63. The van der Waals surface area contributed by atoms with Crippen LogP contribution in [0.2, 0.25) is 0 Å². The minimum atomic E-state index is -0.208. The molecule has 1 aliphatic rings. The van der Waals surface area contributed by atoms with Gasteiger partial charge in [-0.05, 0) is 6.26 Å². The molecule has 1 heterocycles. The lowest BCUT2D eigenvalue weighted by Gasteiger charge is -2.18. The van der Waals surface area contributed by atoms with E-state index in [0.717, 1.165) is 13.1 Å². The van der Waals surface area contributed by atoms with E-state index in [9.17, 15) is 5.11 Å². The van der Waals surface area contributed by atoms with Crippen molar-refractivity contribution in [1.82, 2.24) is 9.62 Å². The third kappa shape index (κ3) is 2.62. The summed E-state index contributed by atoms with van der Waals surface area (Å²) in [5.41, 5.74) is 0. The molecule has 0 unspecified atom stereocenters. The normalized spacial score (nSPS) is 31.8. The molecular formula is C8H18N2OS. The fourth-order valence-electron chi connectivity index (χ4n) is 1.49. The van der Waals surface area contributed by atoms with Crippen molar-refractivity contribution >= 4 is 11.9 Å². The molecule has 3 nitrogen and oxygen atoms in total. The average molecular weight is 190 g/mol. The molecule has 1 aliphatic heterocycles. The van der Waals surface area contributed by atoms with Crippen molar-refractivity contribution in [2.24, 2.45) is 0 Å². The van der Waals surface area contributed by atoms with Gasteiger partial charge in [0, 0.05) is 25.2 Å². The molecule has 0 aromatic carbocycles. The van der Waals surface area contributed by atoms with Crippen LogP contribution in [0.4, 0.5) is 0 Å². The molecule has 1 fully saturated rings. The first-order valence-corrected chi connectivity index (χ1v) is 5.55. The molecule has 1 rings (SSSR count). The summed E-state index contributed by atoms with van der Waals surface area (Å²) in [6.07, 6.45) is 1.84. The Balaban J connectivity index is 2.35. The first-order valence-electron chi connectivity index (χ1n) is 4.36. The highest BCUT2D eigenvalue weighted by Gasteiger charge is 2.30. The SMILES string of the molecule is CSN1C[C@@H](O)[C@H](NC(C)C)C1. The van der Waals surface area contributed by atoms with Crippen molar-refractivity contribution < 1.29 is 5.11 Å². The van der Waals surface area contributed by atoms with Gasteiger partial charge in [-0.25, -0.2) is 4.31 Å². The zero-order chi connectivity index (χ0) is 9.14. The Morgan fingerprint density at radius 1 is 1.50 bits per heavy atom. The summed E-state index contributed by atoms with van der Waals surface area (Å²) < 4.78 is 2.19. The van der Waals surface area contributed by atoms with Crippen LogP contribution in [0.3, 0.4) is 0 Å². The largest absolute Gasteiger partial charge is 0.390 e. The van der Waals surface area contributed by atoms with Crippen LogP contribution in [-0.2, 0) is 0 Å². The van der Waals surface area contributed by atoms with Crippen LogP contribution < -0.4 is 5.32 Å². The number of hydrogen-bond acceptors (Lipinski definition) is 4. The monoisotopic (exact) mass is 190 g/mol. The van der Waals surface area contributed by atoms with E-state index in [2.05, 4.69) is 23.5 Å². The number of nitrogens with zero attached hydrogens (tertiary/aromatic N) is 1. The summed E-state index contributed by atoms with van der Waals surface area (Å²) in [5.74, 6) is 0. The molecule has 0 aromatic rings. The van der Waals surface area contributed by atoms with Gasteiger partial charge >= 0.3 is 0 Å². The molecule has 0 aliphatic carbocycles. The maximum absolute atomic E-state index is 9.62. The zero-order valence-electron chi connectivity index (χ0n) is 7.95. The van der Waals surface area contributed by atoms with Gasteiger partial charge in [0.2, 0.25) is 0 Å². The van der Waals surface area contributed by atoms with E-state index in [0.29, 0.717) is 6.04 Å². The van der Waals surface area contributed by atoms with E-state index in [4.69, 9.17) is 0 Å². The maximum atomic E-state index is 9.62. The van der Waals surface area contributed by atoms with E-state index in [1.54, 1.807) is 11.9 Å². The Morgan fingerprint density at radius 3 is 2.58 bits per heavy atom. The lowest BCUT2D eigenvalue weighted by atomic mass is 10.2. The molecule has 0 saturated carbocycles. The number of nitrogens with one attached hydrogen (secondary N) is 1. The van der Waals surface area contributed by atoms with E-state index < -0.39 is 0 Å². The van der Waals surface area contributed by atoms with Crippen LogP contribution in [0.1, 0.15) is 13.8 Å². The second-order valence-electron chi connectivity index (χ2n) is 3.52. The van der Waals surface area contributed by atoms with Crippen molar-refractivity contribution in [3.63, 3.8) is 0 Å². The second-order valence-corrected chi connectivity index (χ2v) is 4.41. The van der Waals surface area contributed by atoms with E-state index in [1.165, 1.54) is 0 Å². The number of rotatable bonds is 3. The van der Waals surface area contributed by atoms with Crippen molar-refractivity contribution in [3.05, 3.63) is 0 Å². The van der Waals surface area contributed by atoms with Gasteiger partial charge in [-0.1, -0.05) is 25.8 Å². The third-order valence-corrected chi connectivity index (χ3v) is 2.88. The molecule has 0 radical (unpaired) electrons. The summed E-state index contributed by atoms with van der Waals surface area (Å²) >= 11 is 1.70. The highest BCUT2D eigenvalue weighted by atomic mass is 32.2. The van der Waals surface area contributed by atoms with Gasteiger partial charge < -0.3 is 10.4 Å².